The number of likely N-dealkylation sites (N-methyl/N-ethyl adjacent to an activating group) is 1. The highest BCUT2D eigenvalue weighted by Crippen LogP contribution is 2.16. The Morgan fingerprint density at radius 3 is 2.53 bits per heavy atom. The van der Waals surface area contributed by atoms with Crippen molar-refractivity contribution in [1.82, 2.24) is 14.3 Å². The summed E-state index contributed by atoms with van der Waals surface area (Å²) in [5, 5.41) is 4.45. The van der Waals surface area contributed by atoms with Gasteiger partial charge in [-0.2, -0.15) is 4.37 Å². The third kappa shape index (κ3) is 5.46. The van der Waals surface area contributed by atoms with Crippen LogP contribution in [0.5, 0.6) is 0 Å². The molecular weight excluding hydrogens is 232 g/mol. The van der Waals surface area contributed by atoms with Crippen LogP contribution in [-0.2, 0) is 6.42 Å². The topological polar surface area (TPSA) is 41.1 Å². The monoisotopic (exact) mass is 256 g/mol. The molecule has 0 radical (unpaired) electrons. The number of rotatable bonds is 7. The maximum absolute atomic E-state index is 4.46. The zero-order valence-corrected chi connectivity index (χ0v) is 12.3. The van der Waals surface area contributed by atoms with E-state index < -0.39 is 0 Å². The fourth-order valence-electron chi connectivity index (χ4n) is 1.82. The van der Waals surface area contributed by atoms with Gasteiger partial charge in [0, 0.05) is 30.5 Å². The standard InChI is InChI=1S/C12H24N4S/c1-6-11-14-12(17-15-11)13-10(7-9(2)3)8-16(4)5/h9-10H,6-8H2,1-5H3,(H,13,14,15). The molecule has 0 amide bonds. The summed E-state index contributed by atoms with van der Waals surface area (Å²) in [6.07, 6.45) is 2.06. The van der Waals surface area contributed by atoms with Crippen molar-refractivity contribution in [3.8, 4) is 0 Å². The van der Waals surface area contributed by atoms with Crippen molar-refractivity contribution in [2.75, 3.05) is 26.0 Å². The normalized spacial score (nSPS) is 13.4. The van der Waals surface area contributed by atoms with Crippen molar-refractivity contribution in [2.24, 2.45) is 5.92 Å². The summed E-state index contributed by atoms with van der Waals surface area (Å²) in [6.45, 7) is 7.61. The largest absolute Gasteiger partial charge is 0.356 e. The van der Waals surface area contributed by atoms with Crippen molar-refractivity contribution < 1.29 is 0 Å². The zero-order valence-electron chi connectivity index (χ0n) is 11.5. The van der Waals surface area contributed by atoms with Crippen LogP contribution in [0.3, 0.4) is 0 Å². The van der Waals surface area contributed by atoms with Gasteiger partial charge in [0.1, 0.15) is 5.82 Å². The molecule has 17 heavy (non-hydrogen) atoms. The Kier molecular flexibility index (Phi) is 5.85. The summed E-state index contributed by atoms with van der Waals surface area (Å²) in [5.74, 6) is 1.62. The molecule has 0 saturated heterocycles. The average molecular weight is 256 g/mol. The minimum Gasteiger partial charge on any atom is -0.356 e. The molecule has 0 aliphatic carbocycles. The van der Waals surface area contributed by atoms with Gasteiger partial charge >= 0.3 is 0 Å². The number of aryl methyl sites for hydroxylation is 1. The third-order valence-electron chi connectivity index (χ3n) is 2.45. The Bertz CT molecular complexity index is 312. The Morgan fingerprint density at radius 1 is 1.35 bits per heavy atom. The van der Waals surface area contributed by atoms with Crippen LogP contribution in [0.15, 0.2) is 0 Å². The van der Waals surface area contributed by atoms with E-state index in [9.17, 15) is 0 Å². The first-order valence-corrected chi connectivity index (χ1v) is 7.02. The van der Waals surface area contributed by atoms with E-state index in [1.54, 1.807) is 0 Å². The minimum atomic E-state index is 0.447. The minimum absolute atomic E-state index is 0.447. The molecule has 98 valence electrons. The van der Waals surface area contributed by atoms with Crippen LogP contribution in [0, 0.1) is 5.92 Å². The number of anilines is 1. The van der Waals surface area contributed by atoms with E-state index in [1.165, 1.54) is 11.5 Å². The first-order valence-electron chi connectivity index (χ1n) is 6.25. The molecule has 0 aliphatic rings. The van der Waals surface area contributed by atoms with Gasteiger partial charge in [-0.05, 0) is 26.4 Å². The van der Waals surface area contributed by atoms with Crippen molar-refractivity contribution >= 4 is 16.7 Å². The van der Waals surface area contributed by atoms with E-state index in [4.69, 9.17) is 0 Å². The van der Waals surface area contributed by atoms with Crippen molar-refractivity contribution in [3.05, 3.63) is 5.82 Å². The van der Waals surface area contributed by atoms with Crippen molar-refractivity contribution in [3.63, 3.8) is 0 Å². The molecule has 1 heterocycles. The van der Waals surface area contributed by atoms with Crippen molar-refractivity contribution in [2.45, 2.75) is 39.7 Å². The lowest BCUT2D eigenvalue weighted by atomic mass is 10.0. The predicted molar refractivity (Wildman–Crippen MR) is 74.7 cm³/mol. The van der Waals surface area contributed by atoms with Crippen LogP contribution in [0.1, 0.15) is 33.0 Å². The predicted octanol–water partition coefficient (Wildman–Crippen LogP) is 2.49. The third-order valence-corrected chi connectivity index (χ3v) is 3.14. The van der Waals surface area contributed by atoms with Gasteiger partial charge < -0.3 is 10.2 Å². The van der Waals surface area contributed by atoms with Gasteiger partial charge in [0.25, 0.3) is 0 Å². The summed E-state index contributed by atoms with van der Waals surface area (Å²) in [4.78, 5) is 6.67. The van der Waals surface area contributed by atoms with Crippen LogP contribution in [0.2, 0.25) is 0 Å². The molecule has 1 atom stereocenters. The first kappa shape index (κ1) is 14.4. The Labute approximate surface area is 109 Å². The first-order chi connectivity index (χ1) is 8.01. The molecule has 0 aromatic carbocycles. The summed E-state index contributed by atoms with van der Waals surface area (Å²) in [5.41, 5.74) is 0. The molecular formula is C12H24N4S. The van der Waals surface area contributed by atoms with E-state index in [0.717, 1.165) is 30.3 Å². The van der Waals surface area contributed by atoms with E-state index in [2.05, 4.69) is 54.4 Å². The smallest absolute Gasteiger partial charge is 0.202 e. The molecule has 0 fully saturated rings. The SMILES string of the molecule is CCc1nsc(NC(CC(C)C)CN(C)C)n1. The van der Waals surface area contributed by atoms with E-state index in [0.29, 0.717) is 12.0 Å². The van der Waals surface area contributed by atoms with Crippen LogP contribution >= 0.6 is 11.5 Å². The second kappa shape index (κ2) is 6.91. The summed E-state index contributed by atoms with van der Waals surface area (Å²) in [6, 6.07) is 0.447. The summed E-state index contributed by atoms with van der Waals surface area (Å²) >= 11 is 1.47. The second-order valence-corrected chi connectivity index (χ2v) is 5.85. The Balaban J connectivity index is 2.57. The molecule has 0 saturated carbocycles. The van der Waals surface area contributed by atoms with Gasteiger partial charge in [-0.1, -0.05) is 20.8 Å². The fourth-order valence-corrected chi connectivity index (χ4v) is 2.55. The number of nitrogens with one attached hydrogen (secondary N) is 1. The molecule has 5 heteroatoms. The highest BCUT2D eigenvalue weighted by molar-refractivity contribution is 7.09. The van der Waals surface area contributed by atoms with Crippen LogP contribution in [-0.4, -0.2) is 40.9 Å². The molecule has 0 spiro atoms. The maximum Gasteiger partial charge on any atom is 0.202 e. The quantitative estimate of drug-likeness (QED) is 0.814. The zero-order chi connectivity index (χ0) is 12.8. The van der Waals surface area contributed by atoms with Crippen molar-refractivity contribution in [1.29, 1.82) is 0 Å². The van der Waals surface area contributed by atoms with Gasteiger partial charge in [0.15, 0.2) is 0 Å². The summed E-state index contributed by atoms with van der Waals surface area (Å²) in [7, 11) is 4.21. The molecule has 0 aliphatic heterocycles. The van der Waals surface area contributed by atoms with Gasteiger partial charge in [0.2, 0.25) is 5.13 Å². The van der Waals surface area contributed by atoms with Crippen LogP contribution in [0.4, 0.5) is 5.13 Å². The number of aromatic nitrogens is 2. The van der Waals surface area contributed by atoms with Crippen LogP contribution < -0.4 is 5.32 Å². The van der Waals surface area contributed by atoms with E-state index in [1.807, 2.05) is 0 Å². The molecule has 1 N–H and O–H groups in total. The average Bonchev–Trinajstić information content (AvgIpc) is 2.63. The Morgan fingerprint density at radius 2 is 2.06 bits per heavy atom. The highest BCUT2D eigenvalue weighted by atomic mass is 32.1. The number of hydrogen-bond acceptors (Lipinski definition) is 5. The maximum atomic E-state index is 4.46. The second-order valence-electron chi connectivity index (χ2n) is 5.10. The lowest BCUT2D eigenvalue weighted by molar-refractivity contribution is 0.356. The molecule has 0 bridgehead atoms. The fraction of sp³-hybridized carbons (Fsp3) is 0.833. The Hall–Kier alpha value is -0.680. The number of nitrogens with zero attached hydrogens (tertiary/aromatic N) is 3. The summed E-state index contributed by atoms with van der Waals surface area (Å²) < 4.78 is 4.30. The lowest BCUT2D eigenvalue weighted by Gasteiger charge is -2.23. The van der Waals surface area contributed by atoms with Gasteiger partial charge in [-0.25, -0.2) is 4.98 Å². The molecule has 1 rings (SSSR count). The lowest BCUT2D eigenvalue weighted by Crippen LogP contribution is -2.33. The molecule has 4 nitrogen and oxygen atoms in total. The van der Waals surface area contributed by atoms with Gasteiger partial charge in [-0.3, -0.25) is 0 Å². The highest BCUT2D eigenvalue weighted by Gasteiger charge is 2.14. The molecule has 1 aromatic rings. The molecule has 1 unspecified atom stereocenters. The van der Waals surface area contributed by atoms with Gasteiger partial charge in [-0.15, -0.1) is 0 Å². The van der Waals surface area contributed by atoms with Crippen LogP contribution in [0.25, 0.3) is 0 Å². The molecule has 1 aromatic heterocycles. The van der Waals surface area contributed by atoms with E-state index >= 15 is 0 Å². The number of hydrogen-bond donors (Lipinski definition) is 1. The van der Waals surface area contributed by atoms with E-state index in [-0.39, 0.29) is 0 Å². The van der Waals surface area contributed by atoms with Gasteiger partial charge in [0.05, 0.1) is 0 Å².